The zero-order valence-corrected chi connectivity index (χ0v) is 21.5. The van der Waals surface area contributed by atoms with Gasteiger partial charge in [-0.3, -0.25) is 24.2 Å². The highest BCUT2D eigenvalue weighted by atomic mass is 16.4. The van der Waals surface area contributed by atoms with Crippen LogP contribution in [0.2, 0.25) is 0 Å². The maximum Gasteiger partial charge on any atom is 0.326 e. The number of aliphatic imine (C=N–C) groups is 1. The average Bonchev–Trinajstić information content (AvgIpc) is 2.79. The molecular weight excluding hydrogens is 472 g/mol. The third-order valence-corrected chi connectivity index (χ3v) is 5.64. The average molecular weight is 515 g/mol. The summed E-state index contributed by atoms with van der Waals surface area (Å²) in [5.41, 5.74) is 21.6. The number of carbonyl (C=O) groups excluding carboxylic acids is 4. The standard InChI is InChI=1S/C22H42N8O6/c1-5-12(4)17(21(35)36)30-20(34)16(11(2)3)29-19(33)14(8-9-15(24)31)28-18(32)13(23)7-6-10-27-22(25)26/h11-14,16-17H,5-10,23H2,1-4H3,(H2,24,31)(H,28,32)(H,29,33)(H,30,34)(H,35,36)(H4,25,26,27). The van der Waals surface area contributed by atoms with Crippen molar-refractivity contribution < 1.29 is 29.1 Å². The molecule has 206 valence electrons. The first-order valence-corrected chi connectivity index (χ1v) is 11.9. The van der Waals surface area contributed by atoms with Gasteiger partial charge in [-0.05, 0) is 31.1 Å². The van der Waals surface area contributed by atoms with E-state index >= 15 is 0 Å². The summed E-state index contributed by atoms with van der Waals surface area (Å²) in [6.07, 6.45) is 0.844. The van der Waals surface area contributed by atoms with Crippen LogP contribution in [0, 0.1) is 11.8 Å². The Labute approximate surface area is 211 Å². The van der Waals surface area contributed by atoms with Gasteiger partial charge >= 0.3 is 5.97 Å². The van der Waals surface area contributed by atoms with Crippen molar-refractivity contribution in [1.29, 1.82) is 0 Å². The molecule has 5 atom stereocenters. The summed E-state index contributed by atoms with van der Waals surface area (Å²) < 4.78 is 0. The van der Waals surface area contributed by atoms with Crippen molar-refractivity contribution in [2.45, 2.75) is 84.0 Å². The number of hydrogen-bond acceptors (Lipinski definition) is 7. The summed E-state index contributed by atoms with van der Waals surface area (Å²) in [5.74, 6) is -4.76. The molecule has 14 nitrogen and oxygen atoms in total. The van der Waals surface area contributed by atoms with Crippen molar-refractivity contribution in [3.05, 3.63) is 0 Å². The highest BCUT2D eigenvalue weighted by Crippen LogP contribution is 2.11. The van der Waals surface area contributed by atoms with Crippen molar-refractivity contribution in [1.82, 2.24) is 16.0 Å². The molecule has 0 aromatic heterocycles. The number of nitrogens with two attached hydrogens (primary N) is 4. The van der Waals surface area contributed by atoms with Crippen LogP contribution in [0.15, 0.2) is 4.99 Å². The third kappa shape index (κ3) is 12.3. The molecule has 0 heterocycles. The topological polar surface area (TPSA) is 258 Å². The first kappa shape index (κ1) is 32.6. The Hall–Kier alpha value is -3.42. The van der Waals surface area contributed by atoms with Crippen LogP contribution in [0.1, 0.15) is 59.8 Å². The second kappa shape index (κ2) is 16.3. The molecular formula is C22H42N8O6. The summed E-state index contributed by atoms with van der Waals surface area (Å²) in [6, 6.07) is -4.40. The number of amides is 4. The van der Waals surface area contributed by atoms with Gasteiger partial charge in [-0.15, -0.1) is 0 Å². The number of carboxylic acid groups (broad SMARTS) is 1. The second-order valence-electron chi connectivity index (χ2n) is 9.06. The molecule has 14 heteroatoms. The first-order chi connectivity index (χ1) is 16.7. The van der Waals surface area contributed by atoms with Crippen LogP contribution in [-0.4, -0.2) is 71.4 Å². The predicted molar refractivity (Wildman–Crippen MR) is 134 cm³/mol. The molecule has 0 aromatic carbocycles. The number of guanidine groups is 1. The van der Waals surface area contributed by atoms with Gasteiger partial charge in [0.1, 0.15) is 18.1 Å². The Bertz CT molecular complexity index is 799. The smallest absolute Gasteiger partial charge is 0.326 e. The molecule has 0 fully saturated rings. The minimum absolute atomic E-state index is 0.0845. The molecule has 0 spiro atoms. The van der Waals surface area contributed by atoms with E-state index in [4.69, 9.17) is 22.9 Å². The lowest BCUT2D eigenvalue weighted by atomic mass is 9.97. The van der Waals surface area contributed by atoms with E-state index in [2.05, 4.69) is 20.9 Å². The highest BCUT2D eigenvalue weighted by Gasteiger charge is 2.33. The van der Waals surface area contributed by atoms with Crippen molar-refractivity contribution in [3.63, 3.8) is 0 Å². The van der Waals surface area contributed by atoms with E-state index in [9.17, 15) is 29.1 Å². The molecule has 0 radical (unpaired) electrons. The number of primary amides is 1. The van der Waals surface area contributed by atoms with E-state index in [1.807, 2.05) is 0 Å². The number of rotatable bonds is 17. The minimum Gasteiger partial charge on any atom is -0.480 e. The summed E-state index contributed by atoms with van der Waals surface area (Å²) >= 11 is 0. The van der Waals surface area contributed by atoms with Gasteiger partial charge < -0.3 is 44.0 Å². The zero-order valence-electron chi connectivity index (χ0n) is 21.5. The number of hydrogen-bond donors (Lipinski definition) is 8. The van der Waals surface area contributed by atoms with E-state index < -0.39 is 59.7 Å². The monoisotopic (exact) mass is 514 g/mol. The van der Waals surface area contributed by atoms with Gasteiger partial charge in [0, 0.05) is 13.0 Å². The normalized spacial score (nSPS) is 15.1. The van der Waals surface area contributed by atoms with E-state index in [0.29, 0.717) is 12.8 Å². The molecule has 0 saturated carbocycles. The lowest BCUT2D eigenvalue weighted by molar-refractivity contribution is -0.144. The zero-order chi connectivity index (χ0) is 28.0. The Balaban J connectivity index is 5.44. The first-order valence-electron chi connectivity index (χ1n) is 11.9. The summed E-state index contributed by atoms with van der Waals surface area (Å²) in [4.78, 5) is 65.1. The molecule has 0 rings (SSSR count). The van der Waals surface area contributed by atoms with E-state index in [1.54, 1.807) is 27.7 Å². The van der Waals surface area contributed by atoms with Gasteiger partial charge in [0.25, 0.3) is 0 Å². The number of nitrogens with one attached hydrogen (secondary N) is 3. The Kier molecular flexibility index (Phi) is 14.7. The summed E-state index contributed by atoms with van der Waals surface area (Å²) in [7, 11) is 0. The van der Waals surface area contributed by atoms with Crippen molar-refractivity contribution >= 4 is 35.6 Å². The number of carboxylic acids is 1. The van der Waals surface area contributed by atoms with Crippen LogP contribution < -0.4 is 38.9 Å². The van der Waals surface area contributed by atoms with E-state index in [1.165, 1.54) is 0 Å². The maximum atomic E-state index is 13.0. The Morgan fingerprint density at radius 2 is 1.44 bits per heavy atom. The van der Waals surface area contributed by atoms with Crippen molar-refractivity contribution in [2.75, 3.05) is 6.54 Å². The maximum absolute atomic E-state index is 13.0. The highest BCUT2D eigenvalue weighted by molar-refractivity contribution is 5.94. The predicted octanol–water partition coefficient (Wildman–Crippen LogP) is -2.13. The van der Waals surface area contributed by atoms with Crippen LogP contribution in [0.4, 0.5) is 0 Å². The number of carbonyl (C=O) groups is 5. The fourth-order valence-electron chi connectivity index (χ4n) is 3.20. The molecule has 0 saturated heterocycles. The number of aliphatic carboxylic acids is 1. The largest absolute Gasteiger partial charge is 0.480 e. The summed E-state index contributed by atoms with van der Waals surface area (Å²) in [5, 5.41) is 17.0. The summed E-state index contributed by atoms with van der Waals surface area (Å²) in [6.45, 7) is 7.11. The van der Waals surface area contributed by atoms with Crippen LogP contribution >= 0.6 is 0 Å². The molecule has 0 aliphatic heterocycles. The fourth-order valence-corrected chi connectivity index (χ4v) is 3.20. The van der Waals surface area contributed by atoms with Crippen molar-refractivity contribution in [2.24, 2.45) is 39.8 Å². The molecule has 36 heavy (non-hydrogen) atoms. The van der Waals surface area contributed by atoms with E-state index in [0.717, 1.165) is 0 Å². The lowest BCUT2D eigenvalue weighted by Crippen LogP contribution is -2.59. The van der Waals surface area contributed by atoms with Crippen molar-refractivity contribution in [3.8, 4) is 0 Å². The quantitative estimate of drug-likeness (QED) is 0.0598. The lowest BCUT2D eigenvalue weighted by Gasteiger charge is -2.28. The molecule has 12 N–H and O–H groups in total. The van der Waals surface area contributed by atoms with Crippen LogP contribution in [-0.2, 0) is 24.0 Å². The number of nitrogens with zero attached hydrogens (tertiary/aromatic N) is 1. The SMILES string of the molecule is CCC(C)C(NC(=O)C(NC(=O)C(CCC(N)=O)NC(=O)C(N)CCCN=C(N)N)C(C)C)C(=O)O. The second-order valence-corrected chi connectivity index (χ2v) is 9.06. The van der Waals surface area contributed by atoms with Crippen LogP contribution in [0.3, 0.4) is 0 Å². The van der Waals surface area contributed by atoms with Gasteiger partial charge in [0.15, 0.2) is 5.96 Å². The molecule has 5 unspecified atom stereocenters. The van der Waals surface area contributed by atoms with Crippen LogP contribution in [0.5, 0.6) is 0 Å². The van der Waals surface area contributed by atoms with Crippen LogP contribution in [0.25, 0.3) is 0 Å². The molecule has 0 bridgehead atoms. The van der Waals surface area contributed by atoms with E-state index in [-0.39, 0.29) is 37.7 Å². The molecule has 0 aliphatic rings. The van der Waals surface area contributed by atoms with Gasteiger partial charge in [0.05, 0.1) is 6.04 Å². The third-order valence-electron chi connectivity index (χ3n) is 5.64. The van der Waals surface area contributed by atoms with Gasteiger partial charge in [-0.25, -0.2) is 4.79 Å². The van der Waals surface area contributed by atoms with Gasteiger partial charge in [-0.2, -0.15) is 0 Å². The molecule has 0 aromatic rings. The molecule has 4 amide bonds. The Morgan fingerprint density at radius 3 is 1.92 bits per heavy atom. The fraction of sp³-hybridized carbons (Fsp3) is 0.727. The Morgan fingerprint density at radius 1 is 0.861 bits per heavy atom. The van der Waals surface area contributed by atoms with Gasteiger partial charge in [0.2, 0.25) is 23.6 Å². The van der Waals surface area contributed by atoms with Gasteiger partial charge in [-0.1, -0.05) is 34.1 Å². The molecule has 0 aliphatic carbocycles. The minimum atomic E-state index is -1.20.